The summed E-state index contributed by atoms with van der Waals surface area (Å²) in [7, 11) is 0. The summed E-state index contributed by atoms with van der Waals surface area (Å²) in [6.45, 7) is 6.93. The third-order valence-electron chi connectivity index (χ3n) is 3.43. The van der Waals surface area contributed by atoms with Gasteiger partial charge in [0.15, 0.2) is 0 Å². The largest absolute Gasteiger partial charge is 0.489 e. The summed E-state index contributed by atoms with van der Waals surface area (Å²) in [5, 5.41) is 4.13. The fourth-order valence-electron chi connectivity index (χ4n) is 2.04. The molecule has 0 aliphatic rings. The van der Waals surface area contributed by atoms with E-state index in [4.69, 9.17) is 16.3 Å². The Morgan fingerprint density at radius 3 is 2.48 bits per heavy atom. The lowest BCUT2D eigenvalue weighted by molar-refractivity contribution is 0.234. The Bertz CT molecular complexity index is 580. The van der Waals surface area contributed by atoms with Crippen molar-refractivity contribution in [1.82, 2.24) is 0 Å². The molecular formula is C18H22ClNO. The van der Waals surface area contributed by atoms with Crippen molar-refractivity contribution in [2.75, 3.05) is 11.9 Å². The van der Waals surface area contributed by atoms with Crippen LogP contribution in [0.3, 0.4) is 0 Å². The van der Waals surface area contributed by atoms with E-state index in [0.29, 0.717) is 0 Å². The number of anilines is 1. The lowest BCUT2D eigenvalue weighted by Crippen LogP contribution is -2.22. The van der Waals surface area contributed by atoms with E-state index in [9.17, 15) is 0 Å². The third kappa shape index (κ3) is 4.68. The second-order valence-corrected chi connectivity index (χ2v) is 5.68. The number of hydrogen-bond acceptors (Lipinski definition) is 2. The van der Waals surface area contributed by atoms with E-state index in [0.717, 1.165) is 35.0 Å². The molecule has 0 fully saturated rings. The van der Waals surface area contributed by atoms with Crippen LogP contribution in [0, 0.1) is 6.92 Å². The molecule has 0 aliphatic carbocycles. The Hall–Kier alpha value is -1.67. The fourth-order valence-corrected chi connectivity index (χ4v) is 2.22. The van der Waals surface area contributed by atoms with Crippen molar-refractivity contribution >= 4 is 17.3 Å². The molecule has 0 aromatic heterocycles. The molecule has 1 atom stereocenters. The zero-order valence-electron chi connectivity index (χ0n) is 12.8. The second-order valence-electron chi connectivity index (χ2n) is 5.27. The summed E-state index contributed by atoms with van der Waals surface area (Å²) in [6.07, 6.45) is 1.13. The molecule has 2 nitrogen and oxygen atoms in total. The Labute approximate surface area is 132 Å². The Morgan fingerprint density at radius 2 is 1.86 bits per heavy atom. The number of aryl methyl sites for hydroxylation is 2. The van der Waals surface area contributed by atoms with E-state index in [1.165, 1.54) is 5.56 Å². The van der Waals surface area contributed by atoms with Gasteiger partial charge >= 0.3 is 0 Å². The van der Waals surface area contributed by atoms with Crippen LogP contribution in [0.25, 0.3) is 0 Å². The zero-order valence-corrected chi connectivity index (χ0v) is 13.6. The van der Waals surface area contributed by atoms with Gasteiger partial charge in [-0.3, -0.25) is 0 Å². The predicted molar refractivity (Wildman–Crippen MR) is 90.6 cm³/mol. The fraction of sp³-hybridized carbons (Fsp3) is 0.333. The summed E-state index contributed by atoms with van der Waals surface area (Å²) >= 11 is 6.12. The maximum absolute atomic E-state index is 6.12. The highest BCUT2D eigenvalue weighted by atomic mass is 35.5. The quantitative estimate of drug-likeness (QED) is 0.802. The van der Waals surface area contributed by atoms with Crippen molar-refractivity contribution in [1.29, 1.82) is 0 Å². The Balaban J connectivity index is 1.86. The molecule has 2 aromatic carbocycles. The van der Waals surface area contributed by atoms with Gasteiger partial charge in [0.05, 0.1) is 6.54 Å². The van der Waals surface area contributed by atoms with Crippen molar-refractivity contribution in [2.45, 2.75) is 33.3 Å². The predicted octanol–water partition coefficient (Wildman–Crippen LogP) is 5.09. The molecule has 0 amide bonds. The highest BCUT2D eigenvalue weighted by Crippen LogP contribution is 2.20. The first-order valence-corrected chi connectivity index (χ1v) is 7.72. The topological polar surface area (TPSA) is 21.3 Å². The summed E-state index contributed by atoms with van der Waals surface area (Å²) in [5.41, 5.74) is 3.42. The minimum atomic E-state index is 0.0811. The van der Waals surface area contributed by atoms with E-state index in [-0.39, 0.29) is 6.10 Å². The Morgan fingerprint density at radius 1 is 1.14 bits per heavy atom. The number of rotatable bonds is 6. The van der Waals surface area contributed by atoms with Crippen molar-refractivity contribution < 1.29 is 4.74 Å². The monoisotopic (exact) mass is 303 g/mol. The molecule has 21 heavy (non-hydrogen) atoms. The minimum absolute atomic E-state index is 0.0811. The molecule has 0 heterocycles. The highest BCUT2D eigenvalue weighted by molar-refractivity contribution is 6.31. The SMILES string of the molecule is CCc1ccc(OC(C)CNc2ccc(C)c(Cl)c2)cc1. The molecule has 0 bridgehead atoms. The van der Waals surface area contributed by atoms with E-state index in [2.05, 4.69) is 31.3 Å². The van der Waals surface area contributed by atoms with Crippen LogP contribution in [0.4, 0.5) is 5.69 Å². The number of halogens is 1. The van der Waals surface area contributed by atoms with E-state index < -0.39 is 0 Å². The van der Waals surface area contributed by atoms with Gasteiger partial charge in [0.1, 0.15) is 11.9 Å². The molecule has 0 spiro atoms. The molecule has 1 unspecified atom stereocenters. The second kappa shape index (κ2) is 7.37. The molecule has 0 saturated carbocycles. The number of hydrogen-bond donors (Lipinski definition) is 1. The van der Waals surface area contributed by atoms with Crippen LogP contribution in [0.2, 0.25) is 5.02 Å². The third-order valence-corrected chi connectivity index (χ3v) is 3.84. The first-order valence-electron chi connectivity index (χ1n) is 7.34. The van der Waals surface area contributed by atoms with Crippen LogP contribution in [0.1, 0.15) is 25.0 Å². The molecule has 0 radical (unpaired) electrons. The lowest BCUT2D eigenvalue weighted by Gasteiger charge is -2.16. The molecular weight excluding hydrogens is 282 g/mol. The Kier molecular flexibility index (Phi) is 5.51. The summed E-state index contributed by atoms with van der Waals surface area (Å²) < 4.78 is 5.89. The number of nitrogens with one attached hydrogen (secondary N) is 1. The maximum atomic E-state index is 6.12. The van der Waals surface area contributed by atoms with Crippen molar-refractivity contribution in [2.24, 2.45) is 0 Å². The molecule has 112 valence electrons. The van der Waals surface area contributed by atoms with Crippen LogP contribution in [-0.4, -0.2) is 12.6 Å². The molecule has 0 saturated heterocycles. The summed E-state index contributed by atoms with van der Waals surface area (Å²) in [4.78, 5) is 0. The first kappa shape index (κ1) is 15.7. The normalized spacial score (nSPS) is 12.0. The molecule has 2 rings (SSSR count). The van der Waals surface area contributed by atoms with Gasteiger partial charge in [-0.25, -0.2) is 0 Å². The highest BCUT2D eigenvalue weighted by Gasteiger charge is 2.05. The first-order chi connectivity index (χ1) is 10.1. The van der Waals surface area contributed by atoms with Crippen LogP contribution in [-0.2, 0) is 6.42 Å². The molecule has 1 N–H and O–H groups in total. The number of benzene rings is 2. The maximum Gasteiger partial charge on any atom is 0.119 e. The summed E-state index contributed by atoms with van der Waals surface area (Å²) in [6, 6.07) is 14.3. The van der Waals surface area contributed by atoms with Crippen molar-refractivity contribution in [3.05, 3.63) is 58.6 Å². The average molecular weight is 304 g/mol. The van der Waals surface area contributed by atoms with Gasteiger partial charge in [-0.2, -0.15) is 0 Å². The average Bonchev–Trinajstić information content (AvgIpc) is 2.49. The van der Waals surface area contributed by atoms with Crippen LogP contribution in [0.15, 0.2) is 42.5 Å². The smallest absolute Gasteiger partial charge is 0.119 e. The van der Waals surface area contributed by atoms with Gasteiger partial charge in [-0.1, -0.05) is 36.7 Å². The van der Waals surface area contributed by atoms with Crippen molar-refractivity contribution in [3.8, 4) is 5.75 Å². The van der Waals surface area contributed by atoms with Crippen LogP contribution in [0.5, 0.6) is 5.75 Å². The van der Waals surface area contributed by atoms with E-state index >= 15 is 0 Å². The molecule has 2 aromatic rings. The van der Waals surface area contributed by atoms with Gasteiger partial charge in [0.2, 0.25) is 0 Å². The van der Waals surface area contributed by atoms with Gasteiger partial charge in [-0.05, 0) is 55.7 Å². The lowest BCUT2D eigenvalue weighted by atomic mass is 10.2. The van der Waals surface area contributed by atoms with Crippen LogP contribution < -0.4 is 10.1 Å². The van der Waals surface area contributed by atoms with Crippen LogP contribution >= 0.6 is 11.6 Å². The van der Waals surface area contributed by atoms with Gasteiger partial charge in [-0.15, -0.1) is 0 Å². The number of ether oxygens (including phenoxy) is 1. The zero-order chi connectivity index (χ0) is 15.2. The summed E-state index contributed by atoms with van der Waals surface area (Å²) in [5.74, 6) is 0.906. The molecule has 3 heteroatoms. The standard InChI is InChI=1S/C18H22ClNO/c1-4-15-6-9-17(10-7-15)21-14(3)12-20-16-8-5-13(2)18(19)11-16/h5-11,14,20H,4,12H2,1-3H3. The van der Waals surface area contributed by atoms with Gasteiger partial charge in [0.25, 0.3) is 0 Å². The van der Waals surface area contributed by atoms with Gasteiger partial charge < -0.3 is 10.1 Å². The van der Waals surface area contributed by atoms with Crippen molar-refractivity contribution in [3.63, 3.8) is 0 Å². The molecule has 0 aliphatic heterocycles. The van der Waals surface area contributed by atoms with E-state index in [1.807, 2.05) is 37.3 Å². The van der Waals surface area contributed by atoms with Gasteiger partial charge in [0, 0.05) is 10.7 Å². The minimum Gasteiger partial charge on any atom is -0.489 e. The van der Waals surface area contributed by atoms with E-state index in [1.54, 1.807) is 0 Å².